The Kier molecular flexibility index (Phi) is 7.40. The van der Waals surface area contributed by atoms with Crippen molar-refractivity contribution in [3.05, 3.63) is 54.1 Å². The summed E-state index contributed by atoms with van der Waals surface area (Å²) in [6.07, 6.45) is 2.00. The zero-order chi connectivity index (χ0) is 21.3. The molecule has 0 bridgehead atoms. The van der Waals surface area contributed by atoms with E-state index < -0.39 is 0 Å². The van der Waals surface area contributed by atoms with Crippen molar-refractivity contribution in [2.45, 2.75) is 25.9 Å². The van der Waals surface area contributed by atoms with Gasteiger partial charge in [-0.1, -0.05) is 18.2 Å². The summed E-state index contributed by atoms with van der Waals surface area (Å²) in [4.78, 5) is 28.6. The first-order chi connectivity index (χ1) is 14.5. The van der Waals surface area contributed by atoms with Crippen LogP contribution >= 0.6 is 0 Å². The van der Waals surface area contributed by atoms with Gasteiger partial charge in [0.25, 0.3) is 5.91 Å². The summed E-state index contributed by atoms with van der Waals surface area (Å²) < 4.78 is 11.0. The number of hydrogen-bond donors (Lipinski definition) is 3. The second-order valence-electron chi connectivity index (χ2n) is 6.87. The molecule has 8 nitrogen and oxygen atoms in total. The van der Waals surface area contributed by atoms with Gasteiger partial charge in [-0.2, -0.15) is 0 Å². The minimum Gasteiger partial charge on any atom is -0.495 e. The second kappa shape index (κ2) is 10.4. The van der Waals surface area contributed by atoms with Crippen molar-refractivity contribution in [3.8, 4) is 5.75 Å². The highest BCUT2D eigenvalue weighted by atomic mass is 16.5. The third kappa shape index (κ3) is 6.05. The number of ether oxygens (including phenoxy) is 2. The standard InChI is InChI=1S/C22H26N4O4/c1-15(27)24-17-8-5-7-16(13-17)21(28)26-22(23-14-18-9-6-12-30-18)25-19-10-3-4-11-20(19)29-2/h3-5,7-8,10-11,13,18H,6,9,12,14H2,1-2H3,(H,24,27)(H2,23,25,26,28)/t18-/m0/s1. The van der Waals surface area contributed by atoms with Crippen molar-refractivity contribution in [3.63, 3.8) is 0 Å². The first-order valence-electron chi connectivity index (χ1n) is 9.80. The summed E-state index contributed by atoms with van der Waals surface area (Å²) in [5, 5.41) is 8.62. The highest BCUT2D eigenvalue weighted by Gasteiger charge is 2.17. The Bertz CT molecular complexity index is 923. The summed E-state index contributed by atoms with van der Waals surface area (Å²) >= 11 is 0. The van der Waals surface area contributed by atoms with Crippen molar-refractivity contribution >= 4 is 29.1 Å². The summed E-state index contributed by atoms with van der Waals surface area (Å²) in [7, 11) is 1.58. The van der Waals surface area contributed by atoms with Crippen LogP contribution in [0.5, 0.6) is 5.75 Å². The Morgan fingerprint density at radius 2 is 2.00 bits per heavy atom. The molecule has 1 saturated heterocycles. The maximum atomic E-state index is 12.8. The number of amides is 2. The van der Waals surface area contributed by atoms with Crippen LogP contribution in [0.25, 0.3) is 0 Å². The summed E-state index contributed by atoms with van der Waals surface area (Å²) in [6, 6.07) is 14.1. The van der Waals surface area contributed by atoms with Gasteiger partial charge < -0.3 is 20.1 Å². The van der Waals surface area contributed by atoms with E-state index in [-0.39, 0.29) is 17.9 Å². The molecule has 0 saturated carbocycles. The van der Waals surface area contributed by atoms with Crippen molar-refractivity contribution in [1.29, 1.82) is 0 Å². The Morgan fingerprint density at radius 3 is 2.73 bits per heavy atom. The van der Waals surface area contributed by atoms with Crippen LogP contribution in [-0.2, 0) is 9.53 Å². The number of nitrogens with one attached hydrogen (secondary N) is 3. The van der Waals surface area contributed by atoms with E-state index in [9.17, 15) is 9.59 Å². The van der Waals surface area contributed by atoms with Crippen molar-refractivity contribution < 1.29 is 19.1 Å². The molecule has 30 heavy (non-hydrogen) atoms. The third-order valence-electron chi connectivity index (χ3n) is 4.51. The number of nitrogens with zero attached hydrogens (tertiary/aromatic N) is 1. The van der Waals surface area contributed by atoms with E-state index in [4.69, 9.17) is 9.47 Å². The average molecular weight is 410 g/mol. The van der Waals surface area contributed by atoms with E-state index in [0.29, 0.717) is 35.2 Å². The predicted molar refractivity (Wildman–Crippen MR) is 116 cm³/mol. The SMILES string of the molecule is COc1ccccc1NC(=NC[C@@H]1CCCO1)NC(=O)c1cccc(NC(C)=O)c1. The highest BCUT2D eigenvalue weighted by Crippen LogP contribution is 2.23. The van der Waals surface area contributed by atoms with Gasteiger partial charge in [-0.3, -0.25) is 14.9 Å². The molecule has 0 radical (unpaired) electrons. The molecule has 3 N–H and O–H groups in total. The second-order valence-corrected chi connectivity index (χ2v) is 6.87. The Morgan fingerprint density at radius 1 is 1.17 bits per heavy atom. The summed E-state index contributed by atoms with van der Waals surface area (Å²) in [5.41, 5.74) is 1.62. The smallest absolute Gasteiger partial charge is 0.258 e. The first-order valence-corrected chi connectivity index (χ1v) is 9.80. The minimum absolute atomic E-state index is 0.0412. The Balaban J connectivity index is 1.78. The highest BCUT2D eigenvalue weighted by molar-refractivity contribution is 6.10. The molecular weight excluding hydrogens is 384 g/mol. The lowest BCUT2D eigenvalue weighted by molar-refractivity contribution is -0.114. The number of anilines is 2. The van der Waals surface area contributed by atoms with Crippen LogP contribution in [0.2, 0.25) is 0 Å². The molecule has 0 aromatic heterocycles. The number of carbonyl (C=O) groups excluding carboxylic acids is 2. The number of para-hydroxylation sites is 2. The van der Waals surface area contributed by atoms with Crippen LogP contribution < -0.4 is 20.7 Å². The lowest BCUT2D eigenvalue weighted by atomic mass is 10.2. The van der Waals surface area contributed by atoms with E-state index in [2.05, 4.69) is 20.9 Å². The Labute approximate surface area is 175 Å². The lowest BCUT2D eigenvalue weighted by Crippen LogP contribution is -2.37. The van der Waals surface area contributed by atoms with Crippen LogP contribution in [0.1, 0.15) is 30.1 Å². The Hall–Kier alpha value is -3.39. The monoisotopic (exact) mass is 410 g/mol. The van der Waals surface area contributed by atoms with Gasteiger partial charge in [0.05, 0.1) is 25.4 Å². The van der Waals surface area contributed by atoms with Gasteiger partial charge in [-0.25, -0.2) is 4.99 Å². The fourth-order valence-corrected chi connectivity index (χ4v) is 3.09. The average Bonchev–Trinajstić information content (AvgIpc) is 3.26. The molecular formula is C22H26N4O4. The molecule has 0 aliphatic carbocycles. The molecule has 1 aliphatic rings. The molecule has 1 fully saturated rings. The number of benzene rings is 2. The van der Waals surface area contributed by atoms with E-state index in [0.717, 1.165) is 19.4 Å². The van der Waals surface area contributed by atoms with Crippen molar-refractivity contribution in [2.75, 3.05) is 30.9 Å². The molecule has 0 unspecified atom stereocenters. The number of methoxy groups -OCH3 is 1. The molecule has 2 aromatic rings. The van der Waals surface area contributed by atoms with Crippen LogP contribution in [0.4, 0.5) is 11.4 Å². The zero-order valence-corrected chi connectivity index (χ0v) is 17.1. The molecule has 158 valence electrons. The molecule has 0 spiro atoms. The largest absolute Gasteiger partial charge is 0.495 e. The third-order valence-corrected chi connectivity index (χ3v) is 4.51. The zero-order valence-electron chi connectivity index (χ0n) is 17.1. The fourth-order valence-electron chi connectivity index (χ4n) is 3.09. The maximum Gasteiger partial charge on any atom is 0.258 e. The van der Waals surface area contributed by atoms with Gasteiger partial charge in [-0.05, 0) is 43.2 Å². The van der Waals surface area contributed by atoms with Gasteiger partial charge in [0.15, 0.2) is 0 Å². The van der Waals surface area contributed by atoms with Crippen LogP contribution in [-0.4, -0.2) is 44.1 Å². The first kappa shape index (κ1) is 21.3. The fraction of sp³-hybridized carbons (Fsp3) is 0.318. The molecule has 2 amide bonds. The van der Waals surface area contributed by atoms with Gasteiger partial charge >= 0.3 is 0 Å². The molecule has 2 aromatic carbocycles. The predicted octanol–water partition coefficient (Wildman–Crippen LogP) is 3.03. The van der Waals surface area contributed by atoms with E-state index >= 15 is 0 Å². The van der Waals surface area contributed by atoms with E-state index in [1.807, 2.05) is 24.3 Å². The quantitative estimate of drug-likeness (QED) is 0.502. The summed E-state index contributed by atoms with van der Waals surface area (Å²) in [6.45, 7) is 2.58. The van der Waals surface area contributed by atoms with Crippen LogP contribution in [0.3, 0.4) is 0 Å². The number of hydrogen-bond acceptors (Lipinski definition) is 5. The van der Waals surface area contributed by atoms with Gasteiger partial charge in [0.1, 0.15) is 5.75 Å². The van der Waals surface area contributed by atoms with E-state index in [1.54, 1.807) is 31.4 Å². The van der Waals surface area contributed by atoms with Crippen LogP contribution in [0, 0.1) is 0 Å². The number of carbonyl (C=O) groups is 2. The number of rotatable bonds is 6. The molecule has 3 rings (SSSR count). The number of aliphatic imine (C=N–C) groups is 1. The topological polar surface area (TPSA) is 101 Å². The van der Waals surface area contributed by atoms with Gasteiger partial charge in [-0.15, -0.1) is 0 Å². The minimum atomic E-state index is -0.351. The lowest BCUT2D eigenvalue weighted by Gasteiger charge is -2.15. The van der Waals surface area contributed by atoms with Crippen LogP contribution in [0.15, 0.2) is 53.5 Å². The molecule has 1 heterocycles. The van der Waals surface area contributed by atoms with Crippen molar-refractivity contribution in [2.24, 2.45) is 4.99 Å². The van der Waals surface area contributed by atoms with Gasteiger partial charge in [0, 0.05) is 24.8 Å². The maximum absolute atomic E-state index is 12.8. The summed E-state index contributed by atoms with van der Waals surface area (Å²) in [5.74, 6) is 0.369. The molecule has 1 atom stereocenters. The molecule has 1 aliphatic heterocycles. The molecule has 8 heteroatoms. The van der Waals surface area contributed by atoms with Gasteiger partial charge in [0.2, 0.25) is 11.9 Å². The van der Waals surface area contributed by atoms with Crippen molar-refractivity contribution in [1.82, 2.24) is 5.32 Å². The number of guanidine groups is 1. The normalized spacial score (nSPS) is 16.1. The van der Waals surface area contributed by atoms with E-state index in [1.165, 1.54) is 6.92 Å².